The van der Waals surface area contributed by atoms with Crippen LogP contribution in [0.2, 0.25) is 0 Å². The van der Waals surface area contributed by atoms with Crippen LogP contribution in [0.1, 0.15) is 18.6 Å². The Morgan fingerprint density at radius 3 is 2.52 bits per heavy atom. The van der Waals surface area contributed by atoms with Gasteiger partial charge in [-0.2, -0.15) is 0 Å². The molecule has 3 rings (SSSR count). The number of methoxy groups -OCH3 is 1. The summed E-state index contributed by atoms with van der Waals surface area (Å²) in [5.41, 5.74) is 1.59. The van der Waals surface area contributed by atoms with E-state index in [2.05, 4.69) is 25.3 Å². The monoisotopic (exact) mass is 446 g/mol. The summed E-state index contributed by atoms with van der Waals surface area (Å²) in [5, 5.41) is 10.6. The second-order valence-corrected chi connectivity index (χ2v) is 8.37. The Bertz CT molecular complexity index is 1180. The van der Waals surface area contributed by atoms with Gasteiger partial charge in [0.05, 0.1) is 19.1 Å². The minimum absolute atomic E-state index is 0.0415. The van der Waals surface area contributed by atoms with Crippen molar-refractivity contribution in [2.24, 2.45) is 7.05 Å². The minimum atomic E-state index is -3.52. The summed E-state index contributed by atoms with van der Waals surface area (Å²) in [6.07, 6.45) is -0.136. The molecule has 3 aromatic rings. The molecule has 0 aliphatic carbocycles. The number of ether oxygens (including phenoxy) is 2. The van der Waals surface area contributed by atoms with Crippen LogP contribution in [-0.2, 0) is 21.8 Å². The van der Waals surface area contributed by atoms with E-state index in [0.29, 0.717) is 5.69 Å². The Labute approximate surface area is 179 Å². The number of anilines is 2. The number of sulfonamides is 1. The third kappa shape index (κ3) is 5.48. The number of hydrogen-bond acceptors (Lipinski definition) is 8. The number of nitrogens with zero attached hydrogens (tertiary/aromatic N) is 4. The highest BCUT2D eigenvalue weighted by Gasteiger charge is 2.21. The van der Waals surface area contributed by atoms with Gasteiger partial charge in [0.25, 0.3) is 0 Å². The zero-order valence-corrected chi connectivity index (χ0v) is 18.2. The number of rotatable bonds is 7. The molecule has 2 N–H and O–H groups in total. The zero-order chi connectivity index (χ0) is 22.6. The average molecular weight is 446 g/mol. The van der Waals surface area contributed by atoms with Gasteiger partial charge in [-0.15, -0.1) is 5.10 Å². The van der Waals surface area contributed by atoms with Crippen LogP contribution in [-0.4, -0.2) is 47.9 Å². The highest BCUT2D eigenvalue weighted by molar-refractivity contribution is 7.92. The number of amides is 1. The lowest BCUT2D eigenvalue weighted by Crippen LogP contribution is -2.18. The smallest absolute Gasteiger partial charge is 0.413 e. The normalized spacial score (nSPS) is 12.1. The Kier molecular flexibility index (Phi) is 6.39. The molecule has 0 bridgehead atoms. The van der Waals surface area contributed by atoms with E-state index in [1.807, 2.05) is 30.3 Å². The van der Waals surface area contributed by atoms with Crippen molar-refractivity contribution in [3.8, 4) is 17.3 Å². The molecule has 164 valence electrons. The highest BCUT2D eigenvalue weighted by Crippen LogP contribution is 2.30. The van der Waals surface area contributed by atoms with Gasteiger partial charge in [-0.1, -0.05) is 35.5 Å². The van der Waals surface area contributed by atoms with E-state index in [0.717, 1.165) is 11.8 Å². The molecule has 1 atom stereocenters. The number of pyridine rings is 1. The maximum Gasteiger partial charge on any atom is 0.413 e. The Morgan fingerprint density at radius 1 is 1.16 bits per heavy atom. The van der Waals surface area contributed by atoms with E-state index in [9.17, 15) is 13.2 Å². The molecule has 0 radical (unpaired) electrons. The van der Waals surface area contributed by atoms with Crippen molar-refractivity contribution in [1.29, 1.82) is 0 Å². The quantitative estimate of drug-likeness (QED) is 0.565. The molecule has 0 aliphatic heterocycles. The number of hydrogen-bond donors (Lipinski definition) is 2. The van der Waals surface area contributed by atoms with E-state index in [4.69, 9.17) is 9.47 Å². The summed E-state index contributed by atoms with van der Waals surface area (Å²) in [6.45, 7) is 1.76. The standard InChI is InChI=1S/C19H22N6O5S/c1-12(13-8-6-5-7-9-13)30-19(26)21-17-16(22-24-25(17)2)14-10-11-15(18(20-14)29-3)23-31(4,27)28/h5-12,23H,1-4H3,(H,21,26)/t12-/m1/s1. The van der Waals surface area contributed by atoms with Crippen molar-refractivity contribution in [2.45, 2.75) is 13.0 Å². The first-order valence-corrected chi connectivity index (χ1v) is 11.0. The maximum atomic E-state index is 12.4. The third-order valence-corrected chi connectivity index (χ3v) is 4.78. The topological polar surface area (TPSA) is 137 Å². The Morgan fingerprint density at radius 2 is 1.87 bits per heavy atom. The van der Waals surface area contributed by atoms with Gasteiger partial charge in [0.2, 0.25) is 15.9 Å². The van der Waals surface area contributed by atoms with Crippen LogP contribution in [0, 0.1) is 0 Å². The van der Waals surface area contributed by atoms with E-state index in [1.54, 1.807) is 14.0 Å². The lowest BCUT2D eigenvalue weighted by atomic mass is 10.1. The highest BCUT2D eigenvalue weighted by atomic mass is 32.2. The van der Waals surface area contributed by atoms with Gasteiger partial charge in [-0.25, -0.2) is 22.9 Å². The lowest BCUT2D eigenvalue weighted by Gasteiger charge is -2.14. The number of benzene rings is 1. The molecular weight excluding hydrogens is 424 g/mol. The molecule has 31 heavy (non-hydrogen) atoms. The zero-order valence-electron chi connectivity index (χ0n) is 17.4. The van der Waals surface area contributed by atoms with Crippen molar-refractivity contribution in [1.82, 2.24) is 20.0 Å². The van der Waals surface area contributed by atoms with Gasteiger partial charge in [0.15, 0.2) is 11.5 Å². The number of carbonyl (C=O) groups is 1. The van der Waals surface area contributed by atoms with E-state index < -0.39 is 22.2 Å². The summed E-state index contributed by atoms with van der Waals surface area (Å²) in [6, 6.07) is 12.3. The van der Waals surface area contributed by atoms with Crippen molar-refractivity contribution >= 4 is 27.6 Å². The molecule has 0 fully saturated rings. The fourth-order valence-electron chi connectivity index (χ4n) is 2.75. The van der Waals surface area contributed by atoms with E-state index in [-0.39, 0.29) is 23.1 Å². The summed E-state index contributed by atoms with van der Waals surface area (Å²) >= 11 is 0. The van der Waals surface area contributed by atoms with Crippen LogP contribution < -0.4 is 14.8 Å². The summed E-state index contributed by atoms with van der Waals surface area (Å²) in [7, 11) is -0.558. The number of aromatic nitrogens is 4. The van der Waals surface area contributed by atoms with Crippen molar-refractivity contribution < 1.29 is 22.7 Å². The SMILES string of the molecule is COc1nc(-c2nnn(C)c2NC(=O)O[C@H](C)c2ccccc2)ccc1NS(C)(=O)=O. The minimum Gasteiger partial charge on any atom is -0.479 e. The molecule has 0 aliphatic rings. The first kappa shape index (κ1) is 22.0. The third-order valence-electron chi connectivity index (χ3n) is 4.19. The van der Waals surface area contributed by atoms with Crippen LogP contribution in [0.4, 0.5) is 16.3 Å². The molecule has 12 heteroatoms. The van der Waals surface area contributed by atoms with Crippen LogP contribution in [0.25, 0.3) is 11.4 Å². The fraction of sp³-hybridized carbons (Fsp3) is 0.263. The first-order valence-electron chi connectivity index (χ1n) is 9.13. The molecule has 2 heterocycles. The molecule has 11 nitrogen and oxygen atoms in total. The molecule has 1 aromatic carbocycles. The Hall–Kier alpha value is -3.67. The molecule has 2 aromatic heterocycles. The van der Waals surface area contributed by atoms with Gasteiger partial charge in [-0.05, 0) is 24.6 Å². The average Bonchev–Trinajstić information content (AvgIpc) is 3.08. The Balaban J connectivity index is 1.83. The molecule has 0 saturated carbocycles. The predicted octanol–water partition coefficient (Wildman–Crippen LogP) is 2.57. The van der Waals surface area contributed by atoms with Crippen LogP contribution in [0.5, 0.6) is 5.88 Å². The number of carbonyl (C=O) groups excluding carboxylic acids is 1. The predicted molar refractivity (Wildman–Crippen MR) is 114 cm³/mol. The first-order chi connectivity index (χ1) is 14.7. The van der Waals surface area contributed by atoms with Crippen LogP contribution in [0.3, 0.4) is 0 Å². The lowest BCUT2D eigenvalue weighted by molar-refractivity contribution is 0.121. The maximum absolute atomic E-state index is 12.4. The van der Waals surface area contributed by atoms with Gasteiger partial charge >= 0.3 is 6.09 Å². The second-order valence-electron chi connectivity index (χ2n) is 6.62. The summed E-state index contributed by atoms with van der Waals surface area (Å²) in [4.78, 5) is 16.7. The molecule has 0 saturated heterocycles. The number of aryl methyl sites for hydroxylation is 1. The van der Waals surface area contributed by atoms with Crippen molar-refractivity contribution in [3.63, 3.8) is 0 Å². The second kappa shape index (κ2) is 9.00. The number of nitrogens with one attached hydrogen (secondary N) is 2. The van der Waals surface area contributed by atoms with Gasteiger partial charge < -0.3 is 9.47 Å². The molecule has 1 amide bonds. The largest absolute Gasteiger partial charge is 0.479 e. The van der Waals surface area contributed by atoms with Crippen LogP contribution in [0.15, 0.2) is 42.5 Å². The molecule has 0 spiro atoms. The van der Waals surface area contributed by atoms with Crippen molar-refractivity contribution in [3.05, 3.63) is 48.0 Å². The van der Waals surface area contributed by atoms with Gasteiger partial charge in [0, 0.05) is 7.05 Å². The van der Waals surface area contributed by atoms with Gasteiger partial charge in [-0.3, -0.25) is 10.0 Å². The van der Waals surface area contributed by atoms with E-state index in [1.165, 1.54) is 23.9 Å². The van der Waals surface area contributed by atoms with Crippen molar-refractivity contribution in [2.75, 3.05) is 23.4 Å². The molecular formula is C19H22N6O5S. The molecule has 0 unspecified atom stereocenters. The summed E-state index contributed by atoms with van der Waals surface area (Å²) < 4.78 is 37.3. The fourth-order valence-corrected chi connectivity index (χ4v) is 3.31. The summed E-state index contributed by atoms with van der Waals surface area (Å²) in [5.74, 6) is 0.295. The van der Waals surface area contributed by atoms with Crippen LogP contribution >= 0.6 is 0 Å². The van der Waals surface area contributed by atoms with E-state index >= 15 is 0 Å². The van der Waals surface area contributed by atoms with Gasteiger partial charge in [0.1, 0.15) is 11.8 Å².